The molecule has 0 N–H and O–H groups in total. The van der Waals surface area contributed by atoms with Crippen LogP contribution in [0.5, 0.6) is 5.75 Å². The zero-order chi connectivity index (χ0) is 17.1. The molecule has 5 heteroatoms. The minimum absolute atomic E-state index is 0.0274. The summed E-state index contributed by atoms with van der Waals surface area (Å²) in [6.45, 7) is 3.85. The number of rotatable bonds is 4. The van der Waals surface area contributed by atoms with Crippen LogP contribution < -0.4 is 4.74 Å². The molecule has 1 saturated heterocycles. The molecule has 0 amide bonds. The van der Waals surface area contributed by atoms with E-state index in [9.17, 15) is 0 Å². The molecule has 0 radical (unpaired) electrons. The summed E-state index contributed by atoms with van der Waals surface area (Å²) in [5.74, 6) is 1.96. The van der Waals surface area contributed by atoms with Crippen molar-refractivity contribution in [3.63, 3.8) is 0 Å². The average molecular weight is 337 g/mol. The van der Waals surface area contributed by atoms with Crippen LogP contribution in [0.3, 0.4) is 0 Å². The van der Waals surface area contributed by atoms with Gasteiger partial charge in [0.25, 0.3) is 0 Å². The SMILES string of the molecule is Cn1c(CN2CCOC[C@H](Oc3ccccc3)C2)nc2ccccc21. The molecule has 0 unspecified atom stereocenters. The van der Waals surface area contributed by atoms with Crippen molar-refractivity contribution in [1.82, 2.24) is 14.5 Å². The molecule has 0 bridgehead atoms. The van der Waals surface area contributed by atoms with Crippen molar-refractivity contribution in [2.24, 2.45) is 7.05 Å². The highest BCUT2D eigenvalue weighted by molar-refractivity contribution is 5.75. The first-order valence-corrected chi connectivity index (χ1v) is 8.72. The van der Waals surface area contributed by atoms with Crippen molar-refractivity contribution in [3.8, 4) is 5.75 Å². The zero-order valence-electron chi connectivity index (χ0n) is 14.5. The fourth-order valence-corrected chi connectivity index (χ4v) is 3.28. The van der Waals surface area contributed by atoms with Gasteiger partial charge in [0, 0.05) is 20.1 Å². The third-order valence-electron chi connectivity index (χ3n) is 4.61. The average Bonchev–Trinajstić information content (AvgIpc) is 2.80. The second kappa shape index (κ2) is 7.25. The number of fused-ring (bicyclic) bond motifs is 1. The third-order valence-corrected chi connectivity index (χ3v) is 4.61. The maximum absolute atomic E-state index is 6.10. The van der Waals surface area contributed by atoms with Gasteiger partial charge in [0.2, 0.25) is 0 Å². The Kier molecular flexibility index (Phi) is 4.68. The minimum atomic E-state index is 0.0274. The van der Waals surface area contributed by atoms with E-state index in [1.165, 1.54) is 5.52 Å². The number of ether oxygens (including phenoxy) is 2. The maximum Gasteiger partial charge on any atom is 0.135 e. The number of nitrogens with zero attached hydrogens (tertiary/aromatic N) is 3. The van der Waals surface area contributed by atoms with Gasteiger partial charge >= 0.3 is 0 Å². The Hall–Kier alpha value is -2.37. The van der Waals surface area contributed by atoms with Gasteiger partial charge in [-0.15, -0.1) is 0 Å². The molecular weight excluding hydrogens is 314 g/mol. The van der Waals surface area contributed by atoms with Crippen LogP contribution in [-0.4, -0.2) is 46.9 Å². The fourth-order valence-electron chi connectivity index (χ4n) is 3.28. The van der Waals surface area contributed by atoms with Crippen molar-refractivity contribution in [2.75, 3.05) is 26.3 Å². The molecule has 1 aromatic heterocycles. The molecule has 5 nitrogen and oxygen atoms in total. The first kappa shape index (κ1) is 16.1. The summed E-state index contributed by atoms with van der Waals surface area (Å²) in [7, 11) is 2.08. The molecule has 2 heterocycles. The number of aromatic nitrogens is 2. The Morgan fingerprint density at radius 2 is 1.92 bits per heavy atom. The molecular formula is C20H23N3O2. The number of imidazole rings is 1. The number of hydrogen-bond acceptors (Lipinski definition) is 4. The lowest BCUT2D eigenvalue weighted by Gasteiger charge is -2.23. The summed E-state index contributed by atoms with van der Waals surface area (Å²) in [4.78, 5) is 7.15. The second-order valence-electron chi connectivity index (χ2n) is 6.44. The summed E-state index contributed by atoms with van der Waals surface area (Å²) in [6.07, 6.45) is 0.0274. The lowest BCUT2D eigenvalue weighted by atomic mass is 10.3. The third kappa shape index (κ3) is 3.67. The standard InChI is InChI=1S/C20H23N3O2/c1-22-19-10-6-5-9-18(19)21-20(22)14-23-11-12-24-15-17(13-23)25-16-7-3-2-4-8-16/h2-10,17H,11-15H2,1H3/t17-/m1/s1. The van der Waals surface area contributed by atoms with Crippen molar-refractivity contribution in [1.29, 1.82) is 0 Å². The lowest BCUT2D eigenvalue weighted by molar-refractivity contribution is 0.0710. The summed E-state index contributed by atoms with van der Waals surface area (Å²) < 4.78 is 14.0. The molecule has 1 aliphatic rings. The van der Waals surface area contributed by atoms with Gasteiger partial charge in [0.05, 0.1) is 30.8 Å². The highest BCUT2D eigenvalue weighted by Gasteiger charge is 2.21. The van der Waals surface area contributed by atoms with Crippen LogP contribution >= 0.6 is 0 Å². The maximum atomic E-state index is 6.10. The Bertz CT molecular complexity index is 831. The van der Waals surface area contributed by atoms with E-state index in [2.05, 4.69) is 34.7 Å². The molecule has 1 aliphatic heterocycles. The predicted octanol–water partition coefficient (Wildman–Crippen LogP) is 2.85. The van der Waals surface area contributed by atoms with E-state index < -0.39 is 0 Å². The first-order chi connectivity index (χ1) is 12.3. The molecule has 2 aromatic carbocycles. The Labute approximate surface area is 147 Å². The molecule has 4 rings (SSSR count). The van der Waals surface area contributed by atoms with Crippen molar-refractivity contribution < 1.29 is 9.47 Å². The summed E-state index contributed by atoms with van der Waals surface area (Å²) in [5.41, 5.74) is 2.21. The molecule has 0 saturated carbocycles. The summed E-state index contributed by atoms with van der Waals surface area (Å²) in [6, 6.07) is 18.2. The molecule has 3 aromatic rings. The lowest BCUT2D eigenvalue weighted by Crippen LogP contribution is -2.36. The van der Waals surface area contributed by atoms with Gasteiger partial charge in [0.15, 0.2) is 0 Å². The predicted molar refractivity (Wildman–Crippen MR) is 97.7 cm³/mol. The van der Waals surface area contributed by atoms with Crippen LogP contribution in [0, 0.1) is 0 Å². The van der Waals surface area contributed by atoms with Gasteiger partial charge in [-0.05, 0) is 24.3 Å². The van der Waals surface area contributed by atoms with E-state index >= 15 is 0 Å². The largest absolute Gasteiger partial charge is 0.487 e. The van der Waals surface area contributed by atoms with Gasteiger partial charge in [-0.25, -0.2) is 4.98 Å². The van der Waals surface area contributed by atoms with E-state index in [0.29, 0.717) is 6.61 Å². The molecule has 1 fully saturated rings. The van der Waals surface area contributed by atoms with Gasteiger partial charge in [-0.3, -0.25) is 4.90 Å². The van der Waals surface area contributed by atoms with Crippen LogP contribution in [-0.2, 0) is 18.3 Å². The zero-order valence-corrected chi connectivity index (χ0v) is 14.5. The molecule has 25 heavy (non-hydrogen) atoms. The van der Waals surface area contributed by atoms with Crippen molar-refractivity contribution >= 4 is 11.0 Å². The molecule has 130 valence electrons. The molecule has 1 atom stereocenters. The van der Waals surface area contributed by atoms with E-state index in [-0.39, 0.29) is 6.10 Å². The van der Waals surface area contributed by atoms with E-state index in [1.54, 1.807) is 0 Å². The monoisotopic (exact) mass is 337 g/mol. The van der Waals surface area contributed by atoms with Crippen LogP contribution in [0.2, 0.25) is 0 Å². The van der Waals surface area contributed by atoms with E-state index in [1.807, 2.05) is 36.4 Å². The number of hydrogen-bond donors (Lipinski definition) is 0. The number of aryl methyl sites for hydroxylation is 1. The van der Waals surface area contributed by atoms with Crippen LogP contribution in [0.1, 0.15) is 5.82 Å². The van der Waals surface area contributed by atoms with Crippen LogP contribution in [0.4, 0.5) is 0 Å². The normalized spacial score (nSPS) is 19.0. The summed E-state index contributed by atoms with van der Waals surface area (Å²) >= 11 is 0. The number of para-hydroxylation sites is 3. The van der Waals surface area contributed by atoms with E-state index in [4.69, 9.17) is 14.5 Å². The summed E-state index contributed by atoms with van der Waals surface area (Å²) in [5, 5.41) is 0. The van der Waals surface area contributed by atoms with Gasteiger partial charge in [-0.2, -0.15) is 0 Å². The van der Waals surface area contributed by atoms with Crippen molar-refractivity contribution in [3.05, 3.63) is 60.4 Å². The second-order valence-corrected chi connectivity index (χ2v) is 6.44. The van der Waals surface area contributed by atoms with Gasteiger partial charge < -0.3 is 14.0 Å². The van der Waals surface area contributed by atoms with Crippen molar-refractivity contribution in [2.45, 2.75) is 12.6 Å². The van der Waals surface area contributed by atoms with Gasteiger partial charge in [0.1, 0.15) is 17.7 Å². The highest BCUT2D eigenvalue weighted by Crippen LogP contribution is 2.18. The number of benzene rings is 2. The molecule has 0 spiro atoms. The quantitative estimate of drug-likeness (QED) is 0.734. The van der Waals surface area contributed by atoms with E-state index in [0.717, 1.165) is 43.3 Å². The van der Waals surface area contributed by atoms with Crippen LogP contribution in [0.25, 0.3) is 11.0 Å². The Morgan fingerprint density at radius 3 is 2.76 bits per heavy atom. The van der Waals surface area contributed by atoms with Gasteiger partial charge in [-0.1, -0.05) is 30.3 Å². The topological polar surface area (TPSA) is 39.5 Å². The first-order valence-electron chi connectivity index (χ1n) is 8.72. The Morgan fingerprint density at radius 1 is 1.12 bits per heavy atom. The fraction of sp³-hybridized carbons (Fsp3) is 0.350. The minimum Gasteiger partial charge on any atom is -0.487 e. The smallest absolute Gasteiger partial charge is 0.135 e. The molecule has 0 aliphatic carbocycles. The van der Waals surface area contributed by atoms with Crippen LogP contribution in [0.15, 0.2) is 54.6 Å². The Balaban J connectivity index is 1.48. The highest BCUT2D eigenvalue weighted by atomic mass is 16.5.